The zero-order valence-electron chi connectivity index (χ0n) is 19.2. The number of para-hydroxylation sites is 1. The van der Waals surface area contributed by atoms with Crippen molar-refractivity contribution in [1.29, 1.82) is 0 Å². The number of anilines is 1. The van der Waals surface area contributed by atoms with Crippen LogP contribution in [-0.4, -0.2) is 47.8 Å². The highest BCUT2D eigenvalue weighted by molar-refractivity contribution is 6.04. The zero-order chi connectivity index (χ0) is 22.3. The Morgan fingerprint density at radius 2 is 1.53 bits per heavy atom. The van der Waals surface area contributed by atoms with Crippen molar-refractivity contribution in [2.24, 2.45) is 5.92 Å². The number of carbonyl (C=O) groups is 2. The fourth-order valence-corrected chi connectivity index (χ4v) is 4.84. The van der Waals surface area contributed by atoms with E-state index in [9.17, 15) is 9.59 Å². The Hall–Kier alpha value is -2.66. The molecule has 0 saturated carbocycles. The number of aryl methyl sites for hydroxylation is 1. The van der Waals surface area contributed by atoms with Gasteiger partial charge >= 0.3 is 0 Å². The average molecular weight is 434 g/mol. The molecule has 2 fully saturated rings. The summed E-state index contributed by atoms with van der Waals surface area (Å²) in [5, 5.41) is 3.08. The molecule has 0 aromatic heterocycles. The molecule has 2 amide bonds. The molecule has 2 heterocycles. The molecule has 5 nitrogen and oxygen atoms in total. The van der Waals surface area contributed by atoms with Crippen LogP contribution in [0.5, 0.6) is 0 Å². The first-order chi connectivity index (χ1) is 15.6. The average Bonchev–Trinajstić information content (AvgIpc) is 3.11. The second kappa shape index (κ2) is 10.8. The van der Waals surface area contributed by atoms with E-state index in [-0.39, 0.29) is 17.7 Å². The van der Waals surface area contributed by atoms with Gasteiger partial charge in [-0.15, -0.1) is 0 Å². The van der Waals surface area contributed by atoms with Crippen molar-refractivity contribution >= 4 is 17.5 Å². The third kappa shape index (κ3) is 5.57. The number of nitrogens with one attached hydrogen (secondary N) is 1. The van der Waals surface area contributed by atoms with Crippen LogP contribution in [0.1, 0.15) is 60.0 Å². The molecule has 0 aliphatic carbocycles. The number of piperidine rings is 1. The quantitative estimate of drug-likeness (QED) is 0.732. The first kappa shape index (κ1) is 22.5. The minimum absolute atomic E-state index is 0.00975. The van der Waals surface area contributed by atoms with E-state index < -0.39 is 0 Å². The Morgan fingerprint density at radius 1 is 0.875 bits per heavy atom. The maximum absolute atomic E-state index is 13.1. The molecule has 5 heteroatoms. The lowest BCUT2D eigenvalue weighted by Crippen LogP contribution is -2.38. The number of carbonyl (C=O) groups excluding carboxylic acids is 2. The maximum Gasteiger partial charge on any atom is 0.255 e. The van der Waals surface area contributed by atoms with Gasteiger partial charge in [-0.25, -0.2) is 0 Å². The fourth-order valence-electron chi connectivity index (χ4n) is 4.84. The molecule has 170 valence electrons. The van der Waals surface area contributed by atoms with E-state index in [4.69, 9.17) is 0 Å². The summed E-state index contributed by atoms with van der Waals surface area (Å²) in [5.41, 5.74) is 3.93. The van der Waals surface area contributed by atoms with E-state index in [0.29, 0.717) is 11.3 Å². The van der Waals surface area contributed by atoms with Crippen LogP contribution < -0.4 is 5.32 Å². The predicted molar refractivity (Wildman–Crippen MR) is 129 cm³/mol. The van der Waals surface area contributed by atoms with Crippen LogP contribution in [-0.2, 0) is 11.3 Å². The highest BCUT2D eigenvalue weighted by atomic mass is 16.2. The van der Waals surface area contributed by atoms with E-state index in [1.165, 1.54) is 24.0 Å². The summed E-state index contributed by atoms with van der Waals surface area (Å²) in [4.78, 5) is 30.6. The van der Waals surface area contributed by atoms with Gasteiger partial charge in [0.2, 0.25) is 5.91 Å². The number of amides is 2. The van der Waals surface area contributed by atoms with Crippen LogP contribution in [0.15, 0.2) is 48.5 Å². The van der Waals surface area contributed by atoms with Gasteiger partial charge in [0, 0.05) is 25.6 Å². The van der Waals surface area contributed by atoms with Crippen molar-refractivity contribution in [3.63, 3.8) is 0 Å². The molecular weight excluding hydrogens is 398 g/mol. The number of likely N-dealkylation sites (tertiary alicyclic amines) is 2. The minimum atomic E-state index is -0.00975. The van der Waals surface area contributed by atoms with E-state index in [2.05, 4.69) is 41.4 Å². The molecular formula is C27H35N3O2. The van der Waals surface area contributed by atoms with Crippen molar-refractivity contribution in [3.8, 4) is 0 Å². The topological polar surface area (TPSA) is 52.7 Å². The van der Waals surface area contributed by atoms with Crippen LogP contribution in [0.4, 0.5) is 5.69 Å². The van der Waals surface area contributed by atoms with Crippen molar-refractivity contribution in [1.82, 2.24) is 9.80 Å². The predicted octanol–water partition coefficient (Wildman–Crippen LogP) is 4.86. The van der Waals surface area contributed by atoms with Crippen LogP contribution in [0.25, 0.3) is 0 Å². The van der Waals surface area contributed by atoms with E-state index in [0.717, 1.165) is 58.4 Å². The highest BCUT2D eigenvalue weighted by Gasteiger charge is 2.27. The van der Waals surface area contributed by atoms with Gasteiger partial charge < -0.3 is 10.2 Å². The Bertz CT molecular complexity index is 926. The molecule has 1 N–H and O–H groups in total. The van der Waals surface area contributed by atoms with Crippen LogP contribution in [0, 0.1) is 12.8 Å². The lowest BCUT2D eigenvalue weighted by Gasteiger charge is -2.31. The SMILES string of the molecule is Cc1ccccc1CN1CCC(C(=O)Nc2ccccc2C(=O)N2CCCCCC2)CC1. The van der Waals surface area contributed by atoms with Gasteiger partial charge in [-0.2, -0.15) is 0 Å². The number of rotatable bonds is 5. The van der Waals surface area contributed by atoms with Crippen molar-refractivity contribution < 1.29 is 9.59 Å². The Labute approximate surface area is 191 Å². The van der Waals surface area contributed by atoms with Crippen molar-refractivity contribution in [2.45, 2.75) is 52.0 Å². The normalized spacial score (nSPS) is 18.2. The Kier molecular flexibility index (Phi) is 7.59. The van der Waals surface area contributed by atoms with E-state index in [1.807, 2.05) is 29.2 Å². The largest absolute Gasteiger partial charge is 0.339 e. The third-order valence-corrected chi connectivity index (χ3v) is 6.92. The molecule has 2 aromatic rings. The minimum Gasteiger partial charge on any atom is -0.339 e. The van der Waals surface area contributed by atoms with Crippen LogP contribution in [0.3, 0.4) is 0 Å². The summed E-state index contributed by atoms with van der Waals surface area (Å²) in [7, 11) is 0. The number of benzene rings is 2. The monoisotopic (exact) mass is 433 g/mol. The lowest BCUT2D eigenvalue weighted by molar-refractivity contribution is -0.121. The third-order valence-electron chi connectivity index (χ3n) is 6.92. The van der Waals surface area contributed by atoms with Crippen LogP contribution in [0.2, 0.25) is 0 Å². The van der Waals surface area contributed by atoms with Gasteiger partial charge in [0.25, 0.3) is 5.91 Å². The number of hydrogen-bond donors (Lipinski definition) is 1. The molecule has 4 rings (SSSR count). The Balaban J connectivity index is 1.34. The number of hydrogen-bond acceptors (Lipinski definition) is 3. The molecule has 32 heavy (non-hydrogen) atoms. The molecule has 2 aliphatic rings. The van der Waals surface area contributed by atoms with Gasteiger partial charge in [-0.1, -0.05) is 49.2 Å². The summed E-state index contributed by atoms with van der Waals surface area (Å²) in [6.07, 6.45) is 6.18. The Morgan fingerprint density at radius 3 is 2.25 bits per heavy atom. The molecule has 0 spiro atoms. The fraction of sp³-hybridized carbons (Fsp3) is 0.481. The molecule has 0 radical (unpaired) electrons. The van der Waals surface area contributed by atoms with Crippen molar-refractivity contribution in [2.75, 3.05) is 31.5 Å². The van der Waals surface area contributed by atoms with E-state index >= 15 is 0 Å². The molecule has 0 unspecified atom stereocenters. The number of nitrogens with zero attached hydrogens (tertiary/aromatic N) is 2. The second-order valence-corrected chi connectivity index (χ2v) is 9.22. The highest BCUT2D eigenvalue weighted by Crippen LogP contribution is 2.24. The van der Waals surface area contributed by atoms with Gasteiger partial charge in [-0.3, -0.25) is 14.5 Å². The first-order valence-electron chi connectivity index (χ1n) is 12.1. The first-order valence-corrected chi connectivity index (χ1v) is 12.1. The summed E-state index contributed by atoms with van der Waals surface area (Å²) in [6.45, 7) is 6.54. The smallest absolute Gasteiger partial charge is 0.255 e. The van der Waals surface area contributed by atoms with Crippen molar-refractivity contribution in [3.05, 3.63) is 65.2 Å². The summed E-state index contributed by atoms with van der Waals surface area (Å²) in [6, 6.07) is 16.0. The van der Waals surface area contributed by atoms with Gasteiger partial charge in [0.15, 0.2) is 0 Å². The summed E-state index contributed by atoms with van der Waals surface area (Å²) in [5.74, 6) is 0.0666. The molecule has 2 saturated heterocycles. The zero-order valence-corrected chi connectivity index (χ0v) is 19.2. The molecule has 0 atom stereocenters. The second-order valence-electron chi connectivity index (χ2n) is 9.22. The standard InChI is InChI=1S/C27H35N3O2/c1-21-10-4-5-11-23(21)20-29-18-14-22(15-19-29)26(31)28-25-13-7-6-12-24(25)27(32)30-16-8-2-3-9-17-30/h4-7,10-13,22H,2-3,8-9,14-20H2,1H3,(H,28,31). The van der Waals surface area contributed by atoms with Crippen LogP contribution >= 0.6 is 0 Å². The van der Waals surface area contributed by atoms with E-state index in [1.54, 1.807) is 0 Å². The van der Waals surface area contributed by atoms with Gasteiger partial charge in [-0.05, 0) is 69.0 Å². The summed E-state index contributed by atoms with van der Waals surface area (Å²) < 4.78 is 0. The molecule has 2 aromatic carbocycles. The molecule has 2 aliphatic heterocycles. The maximum atomic E-state index is 13.1. The summed E-state index contributed by atoms with van der Waals surface area (Å²) >= 11 is 0. The van der Waals surface area contributed by atoms with Gasteiger partial charge in [0.05, 0.1) is 11.3 Å². The lowest BCUT2D eigenvalue weighted by atomic mass is 9.95. The van der Waals surface area contributed by atoms with Gasteiger partial charge in [0.1, 0.15) is 0 Å². The molecule has 0 bridgehead atoms.